The van der Waals surface area contributed by atoms with Gasteiger partial charge >= 0.3 is 0 Å². The SMILES string of the molecule is O=C(c1ccccn1)C1CNC1. The molecule has 0 amide bonds. The quantitative estimate of drug-likeness (QED) is 0.643. The van der Waals surface area contributed by atoms with E-state index in [1.165, 1.54) is 0 Å². The molecule has 62 valence electrons. The first-order valence-electron chi connectivity index (χ1n) is 4.04. The molecule has 0 saturated carbocycles. The summed E-state index contributed by atoms with van der Waals surface area (Å²) in [7, 11) is 0. The fraction of sp³-hybridized carbons (Fsp3) is 0.333. The van der Waals surface area contributed by atoms with Gasteiger partial charge in [0.2, 0.25) is 0 Å². The number of hydrogen-bond donors (Lipinski definition) is 1. The highest BCUT2D eigenvalue weighted by molar-refractivity contribution is 5.96. The first kappa shape index (κ1) is 7.43. The van der Waals surface area contributed by atoms with Crippen LogP contribution in [0.3, 0.4) is 0 Å². The van der Waals surface area contributed by atoms with E-state index in [1.54, 1.807) is 12.3 Å². The molecule has 0 aromatic carbocycles. The van der Waals surface area contributed by atoms with Crippen molar-refractivity contribution in [2.75, 3.05) is 13.1 Å². The highest BCUT2D eigenvalue weighted by atomic mass is 16.1. The Labute approximate surface area is 70.8 Å². The third-order valence-corrected chi connectivity index (χ3v) is 2.07. The number of aromatic nitrogens is 1. The molecule has 12 heavy (non-hydrogen) atoms. The van der Waals surface area contributed by atoms with E-state index in [2.05, 4.69) is 10.3 Å². The van der Waals surface area contributed by atoms with Gasteiger partial charge in [-0.2, -0.15) is 0 Å². The number of carbonyl (C=O) groups is 1. The van der Waals surface area contributed by atoms with E-state index >= 15 is 0 Å². The van der Waals surface area contributed by atoms with Crippen molar-refractivity contribution in [3.63, 3.8) is 0 Å². The lowest BCUT2D eigenvalue weighted by atomic mass is 9.96. The minimum atomic E-state index is 0.153. The maximum atomic E-state index is 11.5. The van der Waals surface area contributed by atoms with Crippen LogP contribution in [0.4, 0.5) is 0 Å². The van der Waals surface area contributed by atoms with E-state index in [0.29, 0.717) is 5.69 Å². The van der Waals surface area contributed by atoms with Crippen LogP contribution in [0.25, 0.3) is 0 Å². The average Bonchev–Trinajstić information content (AvgIpc) is 2.03. The zero-order chi connectivity index (χ0) is 8.39. The molecule has 1 aromatic rings. The summed E-state index contributed by atoms with van der Waals surface area (Å²) in [6.07, 6.45) is 1.65. The van der Waals surface area contributed by atoms with Crippen LogP contribution in [0, 0.1) is 5.92 Å². The second-order valence-electron chi connectivity index (χ2n) is 2.93. The van der Waals surface area contributed by atoms with Gasteiger partial charge in [0, 0.05) is 25.2 Å². The minimum absolute atomic E-state index is 0.153. The maximum absolute atomic E-state index is 11.5. The number of rotatable bonds is 2. The second-order valence-corrected chi connectivity index (χ2v) is 2.93. The predicted octanol–water partition coefficient (Wildman–Crippen LogP) is 0.484. The van der Waals surface area contributed by atoms with Gasteiger partial charge < -0.3 is 5.32 Å². The van der Waals surface area contributed by atoms with Gasteiger partial charge in [0.15, 0.2) is 5.78 Å². The molecule has 2 rings (SSSR count). The Morgan fingerprint density at radius 3 is 2.83 bits per heavy atom. The Bertz CT molecular complexity index is 280. The van der Waals surface area contributed by atoms with E-state index in [-0.39, 0.29) is 11.7 Å². The molecule has 1 aromatic heterocycles. The van der Waals surface area contributed by atoms with E-state index in [9.17, 15) is 4.79 Å². The summed E-state index contributed by atoms with van der Waals surface area (Å²) in [6.45, 7) is 1.60. The van der Waals surface area contributed by atoms with Crippen LogP contribution < -0.4 is 5.32 Å². The van der Waals surface area contributed by atoms with Gasteiger partial charge in [0.1, 0.15) is 5.69 Å². The molecule has 0 aliphatic carbocycles. The van der Waals surface area contributed by atoms with E-state index < -0.39 is 0 Å². The molecular weight excluding hydrogens is 152 g/mol. The van der Waals surface area contributed by atoms with Crippen molar-refractivity contribution < 1.29 is 4.79 Å². The number of Topliss-reactive ketones (excluding diaryl/α,β-unsaturated/α-hetero) is 1. The number of nitrogens with one attached hydrogen (secondary N) is 1. The normalized spacial score (nSPS) is 17.0. The molecule has 1 N–H and O–H groups in total. The van der Waals surface area contributed by atoms with Gasteiger partial charge in [-0.15, -0.1) is 0 Å². The molecule has 0 atom stereocenters. The van der Waals surface area contributed by atoms with Crippen molar-refractivity contribution in [1.82, 2.24) is 10.3 Å². The summed E-state index contributed by atoms with van der Waals surface area (Å²) in [5.41, 5.74) is 0.587. The zero-order valence-electron chi connectivity index (χ0n) is 6.66. The second kappa shape index (κ2) is 3.03. The Balaban J connectivity index is 2.14. The maximum Gasteiger partial charge on any atom is 0.186 e. The van der Waals surface area contributed by atoms with E-state index in [0.717, 1.165) is 13.1 Å². The number of hydrogen-bond acceptors (Lipinski definition) is 3. The number of pyridine rings is 1. The highest BCUT2D eigenvalue weighted by Crippen LogP contribution is 2.09. The van der Waals surface area contributed by atoms with Crippen molar-refractivity contribution >= 4 is 5.78 Å². The van der Waals surface area contributed by atoms with Crippen LogP contribution in [-0.2, 0) is 0 Å². The third-order valence-electron chi connectivity index (χ3n) is 2.07. The lowest BCUT2D eigenvalue weighted by Gasteiger charge is -2.24. The van der Waals surface area contributed by atoms with Crippen molar-refractivity contribution in [1.29, 1.82) is 0 Å². The predicted molar refractivity (Wildman–Crippen MR) is 44.9 cm³/mol. The number of carbonyl (C=O) groups excluding carboxylic acids is 1. The Hall–Kier alpha value is -1.22. The molecule has 0 radical (unpaired) electrons. The molecule has 0 unspecified atom stereocenters. The topological polar surface area (TPSA) is 42.0 Å². The largest absolute Gasteiger partial charge is 0.315 e. The lowest BCUT2D eigenvalue weighted by Crippen LogP contribution is -2.46. The molecule has 0 bridgehead atoms. The molecule has 1 fully saturated rings. The van der Waals surface area contributed by atoms with Crippen molar-refractivity contribution in [2.45, 2.75) is 0 Å². The summed E-state index contributed by atoms with van der Waals surface area (Å²) in [5, 5.41) is 3.06. The Morgan fingerprint density at radius 2 is 2.33 bits per heavy atom. The van der Waals surface area contributed by atoms with Crippen molar-refractivity contribution in [3.8, 4) is 0 Å². The molecule has 2 heterocycles. The van der Waals surface area contributed by atoms with E-state index in [4.69, 9.17) is 0 Å². The Morgan fingerprint density at radius 1 is 1.50 bits per heavy atom. The monoisotopic (exact) mass is 162 g/mol. The minimum Gasteiger partial charge on any atom is -0.315 e. The molecule has 1 saturated heterocycles. The van der Waals surface area contributed by atoms with Crippen molar-refractivity contribution in [3.05, 3.63) is 30.1 Å². The van der Waals surface area contributed by atoms with Gasteiger partial charge in [-0.3, -0.25) is 9.78 Å². The van der Waals surface area contributed by atoms with Gasteiger partial charge in [0.25, 0.3) is 0 Å². The first-order valence-corrected chi connectivity index (χ1v) is 4.04. The fourth-order valence-electron chi connectivity index (χ4n) is 1.19. The van der Waals surface area contributed by atoms with Gasteiger partial charge in [0.05, 0.1) is 0 Å². The third kappa shape index (κ3) is 1.23. The standard InChI is InChI=1S/C9H10N2O/c12-9(7-5-10-6-7)8-3-1-2-4-11-8/h1-4,7,10H,5-6H2. The van der Waals surface area contributed by atoms with Crippen LogP contribution in [0.1, 0.15) is 10.5 Å². The zero-order valence-corrected chi connectivity index (χ0v) is 6.66. The van der Waals surface area contributed by atoms with Gasteiger partial charge in [-0.25, -0.2) is 0 Å². The number of ketones is 1. The Kier molecular flexibility index (Phi) is 1.87. The molecule has 1 aliphatic rings. The molecule has 3 nitrogen and oxygen atoms in total. The van der Waals surface area contributed by atoms with Crippen LogP contribution in [0.2, 0.25) is 0 Å². The van der Waals surface area contributed by atoms with Gasteiger partial charge in [-0.1, -0.05) is 6.07 Å². The van der Waals surface area contributed by atoms with Gasteiger partial charge in [-0.05, 0) is 12.1 Å². The highest BCUT2D eigenvalue weighted by Gasteiger charge is 2.26. The summed E-state index contributed by atoms with van der Waals surface area (Å²) in [4.78, 5) is 15.5. The van der Waals surface area contributed by atoms with Crippen LogP contribution in [0.15, 0.2) is 24.4 Å². The van der Waals surface area contributed by atoms with E-state index in [1.807, 2.05) is 12.1 Å². The summed E-state index contributed by atoms with van der Waals surface area (Å²) < 4.78 is 0. The summed E-state index contributed by atoms with van der Waals surface area (Å²) >= 11 is 0. The lowest BCUT2D eigenvalue weighted by molar-refractivity contribution is 0.0873. The summed E-state index contributed by atoms with van der Waals surface area (Å²) in [5.74, 6) is 0.314. The molecule has 1 aliphatic heterocycles. The number of nitrogens with zero attached hydrogens (tertiary/aromatic N) is 1. The van der Waals surface area contributed by atoms with Crippen LogP contribution >= 0.6 is 0 Å². The van der Waals surface area contributed by atoms with Crippen LogP contribution in [-0.4, -0.2) is 23.9 Å². The molecular formula is C9H10N2O. The first-order chi connectivity index (χ1) is 5.88. The molecule has 0 spiro atoms. The van der Waals surface area contributed by atoms with Crippen molar-refractivity contribution in [2.24, 2.45) is 5.92 Å². The average molecular weight is 162 g/mol. The fourth-order valence-corrected chi connectivity index (χ4v) is 1.19. The van der Waals surface area contributed by atoms with Crippen LogP contribution in [0.5, 0.6) is 0 Å². The smallest absolute Gasteiger partial charge is 0.186 e. The summed E-state index contributed by atoms with van der Waals surface area (Å²) in [6, 6.07) is 5.42. The molecule has 3 heteroatoms.